The first-order valence-corrected chi connectivity index (χ1v) is 9.38. The molecule has 1 aliphatic carbocycles. The SMILES string of the molecule is CS(=O)(=O)C1CCCC(Sc2cccc(CO)c2)C1. The van der Waals surface area contributed by atoms with E-state index in [1.54, 1.807) is 11.8 Å². The molecule has 2 atom stereocenters. The van der Waals surface area contributed by atoms with Crippen LogP contribution >= 0.6 is 11.8 Å². The van der Waals surface area contributed by atoms with Crippen molar-refractivity contribution in [1.82, 2.24) is 0 Å². The molecule has 3 nitrogen and oxygen atoms in total. The van der Waals surface area contributed by atoms with E-state index in [4.69, 9.17) is 5.11 Å². The molecule has 0 bridgehead atoms. The van der Waals surface area contributed by atoms with Gasteiger partial charge in [-0.2, -0.15) is 0 Å². The zero-order valence-electron chi connectivity index (χ0n) is 11.1. The Morgan fingerprint density at radius 1 is 1.37 bits per heavy atom. The molecular weight excluding hydrogens is 280 g/mol. The Kier molecular flexibility index (Phi) is 4.92. The second-order valence-corrected chi connectivity index (χ2v) is 8.86. The van der Waals surface area contributed by atoms with Crippen molar-refractivity contribution in [1.29, 1.82) is 0 Å². The van der Waals surface area contributed by atoms with Gasteiger partial charge in [-0.3, -0.25) is 0 Å². The lowest BCUT2D eigenvalue weighted by molar-refractivity contribution is 0.281. The van der Waals surface area contributed by atoms with Crippen molar-refractivity contribution in [2.45, 2.75) is 47.7 Å². The molecule has 2 unspecified atom stereocenters. The van der Waals surface area contributed by atoms with Crippen molar-refractivity contribution in [3.63, 3.8) is 0 Å². The molecule has 0 spiro atoms. The minimum absolute atomic E-state index is 0.0467. The highest BCUT2D eigenvalue weighted by Crippen LogP contribution is 2.36. The van der Waals surface area contributed by atoms with Crippen LogP contribution in [-0.4, -0.2) is 30.3 Å². The quantitative estimate of drug-likeness (QED) is 0.928. The highest BCUT2D eigenvalue weighted by molar-refractivity contribution is 8.00. The molecule has 1 saturated carbocycles. The second kappa shape index (κ2) is 6.29. The summed E-state index contributed by atoms with van der Waals surface area (Å²) in [7, 11) is -2.92. The van der Waals surface area contributed by atoms with Gasteiger partial charge in [0, 0.05) is 16.4 Å². The summed E-state index contributed by atoms with van der Waals surface area (Å²) < 4.78 is 23.3. The number of aliphatic hydroxyl groups is 1. The molecule has 1 aliphatic rings. The zero-order chi connectivity index (χ0) is 13.9. The van der Waals surface area contributed by atoms with Crippen LogP contribution in [0.25, 0.3) is 0 Å². The van der Waals surface area contributed by atoms with Gasteiger partial charge in [0.1, 0.15) is 9.84 Å². The molecule has 0 saturated heterocycles. The predicted molar refractivity (Wildman–Crippen MR) is 79.1 cm³/mol. The summed E-state index contributed by atoms with van der Waals surface area (Å²) >= 11 is 1.74. The van der Waals surface area contributed by atoms with E-state index in [-0.39, 0.29) is 11.9 Å². The van der Waals surface area contributed by atoms with Gasteiger partial charge in [-0.25, -0.2) is 8.42 Å². The molecule has 106 valence electrons. The van der Waals surface area contributed by atoms with Crippen molar-refractivity contribution in [2.24, 2.45) is 0 Å². The van der Waals surface area contributed by atoms with Crippen molar-refractivity contribution in [3.05, 3.63) is 29.8 Å². The highest BCUT2D eigenvalue weighted by atomic mass is 32.2. The van der Waals surface area contributed by atoms with Gasteiger partial charge in [-0.05, 0) is 37.0 Å². The monoisotopic (exact) mass is 300 g/mol. The summed E-state index contributed by atoms with van der Waals surface area (Å²) in [6.07, 6.45) is 4.94. The van der Waals surface area contributed by atoms with Crippen LogP contribution in [0.1, 0.15) is 31.2 Å². The average molecular weight is 300 g/mol. The normalized spacial score (nSPS) is 24.3. The Labute approximate surface area is 119 Å². The van der Waals surface area contributed by atoms with Crippen LogP contribution in [0.2, 0.25) is 0 Å². The number of hydrogen-bond donors (Lipinski definition) is 1. The standard InChI is InChI=1S/C14H20O3S2/c1-19(16,17)14-7-3-6-13(9-14)18-12-5-2-4-11(8-12)10-15/h2,4-5,8,13-15H,3,6-7,9-10H2,1H3. The fraction of sp³-hybridized carbons (Fsp3) is 0.571. The lowest BCUT2D eigenvalue weighted by Crippen LogP contribution is -2.28. The number of sulfone groups is 1. The van der Waals surface area contributed by atoms with E-state index in [1.807, 2.05) is 24.3 Å². The van der Waals surface area contributed by atoms with Gasteiger partial charge in [0.05, 0.1) is 11.9 Å². The van der Waals surface area contributed by atoms with E-state index in [2.05, 4.69) is 0 Å². The Hall–Kier alpha value is -0.520. The van der Waals surface area contributed by atoms with Crippen LogP contribution in [0, 0.1) is 0 Å². The summed E-state index contributed by atoms with van der Waals surface area (Å²) in [5, 5.41) is 9.31. The molecule has 0 aromatic heterocycles. The van der Waals surface area contributed by atoms with E-state index >= 15 is 0 Å². The van der Waals surface area contributed by atoms with Crippen molar-refractivity contribution in [2.75, 3.05) is 6.26 Å². The lowest BCUT2D eigenvalue weighted by Gasteiger charge is -2.27. The topological polar surface area (TPSA) is 54.4 Å². The van der Waals surface area contributed by atoms with Gasteiger partial charge in [-0.1, -0.05) is 18.6 Å². The Morgan fingerprint density at radius 2 is 2.16 bits per heavy atom. The molecule has 0 heterocycles. The van der Waals surface area contributed by atoms with E-state index in [0.29, 0.717) is 5.25 Å². The van der Waals surface area contributed by atoms with Crippen LogP contribution in [0.4, 0.5) is 0 Å². The van der Waals surface area contributed by atoms with Crippen LogP contribution in [0.15, 0.2) is 29.2 Å². The summed E-state index contributed by atoms with van der Waals surface area (Å²) in [5.41, 5.74) is 0.903. The molecule has 1 N–H and O–H groups in total. The average Bonchev–Trinajstić information content (AvgIpc) is 2.38. The van der Waals surface area contributed by atoms with Crippen LogP contribution in [0.3, 0.4) is 0 Å². The smallest absolute Gasteiger partial charge is 0.150 e. The van der Waals surface area contributed by atoms with Crippen LogP contribution < -0.4 is 0 Å². The van der Waals surface area contributed by atoms with Gasteiger partial charge in [0.25, 0.3) is 0 Å². The van der Waals surface area contributed by atoms with Crippen molar-refractivity contribution in [3.8, 4) is 0 Å². The fourth-order valence-corrected chi connectivity index (χ4v) is 5.18. The molecule has 0 radical (unpaired) electrons. The first-order chi connectivity index (χ1) is 8.99. The van der Waals surface area contributed by atoms with Gasteiger partial charge >= 0.3 is 0 Å². The molecular formula is C14H20O3S2. The molecule has 1 fully saturated rings. The number of hydrogen-bond acceptors (Lipinski definition) is 4. The third-order valence-corrected chi connectivity index (χ3v) is 6.49. The molecule has 1 aromatic rings. The minimum Gasteiger partial charge on any atom is -0.392 e. The lowest BCUT2D eigenvalue weighted by atomic mass is 10.00. The van der Waals surface area contributed by atoms with Gasteiger partial charge in [-0.15, -0.1) is 11.8 Å². The first-order valence-electron chi connectivity index (χ1n) is 6.54. The highest BCUT2D eigenvalue weighted by Gasteiger charge is 2.29. The molecule has 2 rings (SSSR count). The fourth-order valence-electron chi connectivity index (χ4n) is 2.51. The molecule has 1 aromatic carbocycles. The first kappa shape index (κ1) is 14.9. The minimum atomic E-state index is -2.92. The molecule has 0 amide bonds. The van der Waals surface area contributed by atoms with E-state index < -0.39 is 9.84 Å². The third kappa shape index (κ3) is 4.23. The van der Waals surface area contributed by atoms with E-state index in [9.17, 15) is 8.42 Å². The Balaban J connectivity index is 2.02. The Morgan fingerprint density at radius 3 is 2.84 bits per heavy atom. The van der Waals surface area contributed by atoms with Crippen molar-refractivity contribution < 1.29 is 13.5 Å². The zero-order valence-corrected chi connectivity index (χ0v) is 12.7. The number of thioether (sulfide) groups is 1. The third-order valence-electron chi connectivity index (χ3n) is 3.57. The number of benzene rings is 1. The number of aliphatic hydroxyl groups excluding tert-OH is 1. The largest absolute Gasteiger partial charge is 0.392 e. The molecule has 19 heavy (non-hydrogen) atoms. The summed E-state index contributed by atoms with van der Waals surface area (Å²) in [4.78, 5) is 1.12. The van der Waals surface area contributed by atoms with E-state index in [0.717, 1.165) is 36.1 Å². The summed E-state index contributed by atoms with van der Waals surface area (Å²) in [5.74, 6) is 0. The summed E-state index contributed by atoms with van der Waals surface area (Å²) in [6, 6.07) is 7.83. The predicted octanol–water partition coefficient (Wildman–Crippen LogP) is 2.63. The second-order valence-electron chi connectivity index (χ2n) is 5.16. The van der Waals surface area contributed by atoms with Gasteiger partial charge in [0.2, 0.25) is 0 Å². The maximum absolute atomic E-state index is 11.6. The Bertz CT molecular complexity index is 525. The summed E-state index contributed by atoms with van der Waals surface area (Å²) in [6.45, 7) is 0.0467. The van der Waals surface area contributed by atoms with Crippen LogP contribution in [-0.2, 0) is 16.4 Å². The molecule has 0 aliphatic heterocycles. The van der Waals surface area contributed by atoms with Crippen LogP contribution in [0.5, 0.6) is 0 Å². The molecule has 5 heteroatoms. The maximum atomic E-state index is 11.6. The van der Waals surface area contributed by atoms with Crippen molar-refractivity contribution >= 4 is 21.6 Å². The van der Waals surface area contributed by atoms with Gasteiger partial charge in [0.15, 0.2) is 0 Å². The maximum Gasteiger partial charge on any atom is 0.150 e. The van der Waals surface area contributed by atoms with Gasteiger partial charge < -0.3 is 5.11 Å². The number of rotatable bonds is 4. The van der Waals surface area contributed by atoms with E-state index in [1.165, 1.54) is 6.26 Å².